The SMILES string of the molecule is C=C(C)[C@@H]1CC[C@]2(C)CC[C@]3(C)[C@H](CC[C@@H]4[C@@]5(C)CC[C@H](OC(=O)/C=C/c6cc(O)c(O)c(OC)c6)C(C)(C)[C@@H]5CC[C@]43C)[C@@H]12. The summed E-state index contributed by atoms with van der Waals surface area (Å²) in [4.78, 5) is 13.1. The Morgan fingerprint density at radius 2 is 1.62 bits per heavy atom. The molecule has 2 N–H and O–H groups in total. The maximum atomic E-state index is 13.1. The quantitative estimate of drug-likeness (QED) is 0.149. The van der Waals surface area contributed by atoms with Crippen molar-refractivity contribution in [3.05, 3.63) is 35.9 Å². The fourth-order valence-corrected chi connectivity index (χ4v) is 12.9. The summed E-state index contributed by atoms with van der Waals surface area (Å²) in [5.41, 5.74) is 3.23. The first-order chi connectivity index (χ1) is 21.0. The highest BCUT2D eigenvalue weighted by atomic mass is 16.5. The summed E-state index contributed by atoms with van der Waals surface area (Å²) < 4.78 is 11.4. The van der Waals surface area contributed by atoms with E-state index in [1.54, 1.807) is 12.1 Å². The third kappa shape index (κ3) is 4.71. The number of carbonyl (C=O) groups excluding carboxylic acids is 1. The summed E-state index contributed by atoms with van der Waals surface area (Å²) in [7, 11) is 1.42. The number of hydrogen-bond acceptors (Lipinski definition) is 5. The van der Waals surface area contributed by atoms with Crippen LogP contribution in [0.2, 0.25) is 0 Å². The molecule has 0 amide bonds. The Hall–Kier alpha value is -2.43. The monoisotopic (exact) mass is 618 g/mol. The molecule has 5 aliphatic rings. The molecule has 1 aromatic carbocycles. The van der Waals surface area contributed by atoms with Gasteiger partial charge in [-0.15, -0.1) is 0 Å². The molecule has 0 heterocycles. The number of hydrogen-bond donors (Lipinski definition) is 2. The molecule has 5 fully saturated rings. The van der Waals surface area contributed by atoms with E-state index in [0.717, 1.165) is 24.7 Å². The number of methoxy groups -OCH3 is 1. The third-order valence-corrected chi connectivity index (χ3v) is 15.4. The Morgan fingerprint density at radius 1 is 0.889 bits per heavy atom. The van der Waals surface area contributed by atoms with Gasteiger partial charge in [-0.05, 0) is 146 Å². The second-order valence-corrected chi connectivity index (χ2v) is 17.5. The van der Waals surface area contributed by atoms with Gasteiger partial charge in [-0.1, -0.05) is 53.7 Å². The van der Waals surface area contributed by atoms with Crippen LogP contribution >= 0.6 is 0 Å². The van der Waals surface area contributed by atoms with Gasteiger partial charge in [0.05, 0.1) is 7.11 Å². The van der Waals surface area contributed by atoms with Gasteiger partial charge in [0, 0.05) is 11.5 Å². The Labute approximate surface area is 271 Å². The summed E-state index contributed by atoms with van der Waals surface area (Å²) in [6, 6.07) is 2.99. The smallest absolute Gasteiger partial charge is 0.331 e. The molecule has 248 valence electrons. The predicted molar refractivity (Wildman–Crippen MR) is 180 cm³/mol. The minimum Gasteiger partial charge on any atom is -0.504 e. The van der Waals surface area contributed by atoms with Gasteiger partial charge in [0.2, 0.25) is 5.75 Å². The van der Waals surface area contributed by atoms with E-state index in [1.807, 2.05) is 0 Å². The van der Waals surface area contributed by atoms with Crippen molar-refractivity contribution in [1.82, 2.24) is 0 Å². The molecule has 5 heteroatoms. The van der Waals surface area contributed by atoms with Gasteiger partial charge in [0.25, 0.3) is 0 Å². The molecule has 5 aliphatic carbocycles. The van der Waals surface area contributed by atoms with Crippen LogP contribution in [-0.4, -0.2) is 29.4 Å². The number of carbonyl (C=O) groups is 1. The fraction of sp³-hybridized carbons (Fsp3) is 0.725. The lowest BCUT2D eigenvalue weighted by atomic mass is 9.32. The highest BCUT2D eigenvalue weighted by molar-refractivity contribution is 5.87. The maximum Gasteiger partial charge on any atom is 0.331 e. The molecule has 0 aliphatic heterocycles. The first-order valence-corrected chi connectivity index (χ1v) is 17.7. The Kier molecular flexibility index (Phi) is 7.81. The number of esters is 1. The molecule has 6 rings (SSSR count). The summed E-state index contributed by atoms with van der Waals surface area (Å²) in [6.07, 6.45) is 15.4. The molecule has 5 saturated carbocycles. The maximum absolute atomic E-state index is 13.1. The van der Waals surface area contributed by atoms with Crippen molar-refractivity contribution in [3.8, 4) is 17.2 Å². The van der Waals surface area contributed by atoms with E-state index in [0.29, 0.717) is 39.6 Å². The number of benzene rings is 1. The molecule has 1 aromatic rings. The van der Waals surface area contributed by atoms with Crippen LogP contribution in [0.3, 0.4) is 0 Å². The predicted octanol–water partition coefficient (Wildman–Crippen LogP) is 9.71. The zero-order valence-corrected chi connectivity index (χ0v) is 29.2. The number of ether oxygens (including phenoxy) is 2. The lowest BCUT2D eigenvalue weighted by Gasteiger charge is -2.73. The number of fused-ring (bicyclic) bond motifs is 7. The van der Waals surface area contributed by atoms with E-state index in [9.17, 15) is 15.0 Å². The van der Waals surface area contributed by atoms with Gasteiger partial charge in [0.1, 0.15) is 6.10 Å². The number of allylic oxidation sites excluding steroid dienone is 1. The topological polar surface area (TPSA) is 76.0 Å². The van der Waals surface area contributed by atoms with E-state index < -0.39 is 0 Å². The molecule has 0 unspecified atom stereocenters. The normalized spacial score (nSPS) is 43.5. The molecular weight excluding hydrogens is 560 g/mol. The zero-order chi connectivity index (χ0) is 32.7. The Balaban J connectivity index is 1.21. The van der Waals surface area contributed by atoms with Crippen molar-refractivity contribution in [2.75, 3.05) is 7.11 Å². The van der Waals surface area contributed by atoms with Gasteiger partial charge in [-0.3, -0.25) is 0 Å². The molecular formula is C40H58O5. The van der Waals surface area contributed by atoms with Crippen LogP contribution in [0.15, 0.2) is 30.4 Å². The highest BCUT2D eigenvalue weighted by Crippen LogP contribution is 2.77. The fourth-order valence-electron chi connectivity index (χ4n) is 12.9. The van der Waals surface area contributed by atoms with Crippen molar-refractivity contribution >= 4 is 12.0 Å². The highest BCUT2D eigenvalue weighted by Gasteiger charge is 2.70. The van der Waals surface area contributed by atoms with Crippen molar-refractivity contribution in [3.63, 3.8) is 0 Å². The molecule has 0 spiro atoms. The molecule has 0 saturated heterocycles. The molecule has 0 bridgehead atoms. The van der Waals surface area contributed by atoms with Gasteiger partial charge >= 0.3 is 5.97 Å². The van der Waals surface area contributed by atoms with Gasteiger partial charge < -0.3 is 19.7 Å². The molecule has 5 nitrogen and oxygen atoms in total. The number of phenolic OH excluding ortho intramolecular Hbond substituents is 2. The van der Waals surface area contributed by atoms with E-state index in [1.165, 1.54) is 76.2 Å². The minimum atomic E-state index is -0.370. The first-order valence-electron chi connectivity index (χ1n) is 17.7. The Bertz CT molecular complexity index is 1390. The van der Waals surface area contributed by atoms with Crippen LogP contribution < -0.4 is 4.74 Å². The first kappa shape index (κ1) is 32.5. The number of rotatable bonds is 5. The average Bonchev–Trinajstić information content (AvgIpc) is 3.33. The summed E-state index contributed by atoms with van der Waals surface area (Å²) in [5.74, 6) is 2.63. The van der Waals surface area contributed by atoms with Crippen molar-refractivity contribution in [2.45, 2.75) is 119 Å². The van der Waals surface area contributed by atoms with Gasteiger partial charge in [0.15, 0.2) is 11.5 Å². The Morgan fingerprint density at radius 3 is 2.31 bits per heavy atom. The van der Waals surface area contributed by atoms with Crippen LogP contribution in [0.4, 0.5) is 0 Å². The number of aromatic hydroxyl groups is 2. The van der Waals surface area contributed by atoms with Crippen LogP contribution in [0, 0.1) is 56.7 Å². The van der Waals surface area contributed by atoms with Crippen molar-refractivity contribution < 1.29 is 24.5 Å². The lowest BCUT2D eigenvalue weighted by molar-refractivity contribution is -0.248. The second-order valence-electron chi connectivity index (χ2n) is 17.5. The van der Waals surface area contributed by atoms with E-state index in [-0.39, 0.29) is 40.2 Å². The van der Waals surface area contributed by atoms with E-state index >= 15 is 0 Å². The van der Waals surface area contributed by atoms with Gasteiger partial charge in [-0.2, -0.15) is 0 Å². The van der Waals surface area contributed by atoms with Crippen LogP contribution in [0.5, 0.6) is 17.2 Å². The summed E-state index contributed by atoms with van der Waals surface area (Å²) >= 11 is 0. The zero-order valence-electron chi connectivity index (χ0n) is 29.2. The van der Waals surface area contributed by atoms with Crippen LogP contribution in [0.1, 0.15) is 118 Å². The molecule has 0 aromatic heterocycles. The molecule has 10 atom stereocenters. The number of phenols is 2. The largest absolute Gasteiger partial charge is 0.504 e. The standard InChI is InChI=1S/C40H58O5/c1-24(2)26-14-17-37(5)20-21-39(7)27(34(26)37)11-12-31-38(6)18-16-32(36(3,4)30(38)15-19-40(31,39)8)45-33(42)13-10-25-22-28(41)35(43)29(23-25)44-9/h10,13,22-23,26-27,30-32,34,41,43H,1,11-12,14-21H2,2-9H3/b13-10+/t26-,27+,30-,31+,32-,34+,37+,38-,39+,40+/m0/s1. The van der Waals surface area contributed by atoms with Crippen LogP contribution in [0.25, 0.3) is 6.08 Å². The van der Waals surface area contributed by atoms with Crippen molar-refractivity contribution in [1.29, 1.82) is 0 Å². The summed E-state index contributed by atoms with van der Waals surface area (Å²) in [5, 5.41) is 20.0. The summed E-state index contributed by atoms with van der Waals surface area (Å²) in [6.45, 7) is 22.1. The third-order valence-electron chi connectivity index (χ3n) is 15.4. The van der Waals surface area contributed by atoms with Gasteiger partial charge in [-0.25, -0.2) is 4.79 Å². The molecule has 0 radical (unpaired) electrons. The van der Waals surface area contributed by atoms with Crippen molar-refractivity contribution in [2.24, 2.45) is 56.7 Å². The van der Waals surface area contributed by atoms with E-state index in [2.05, 4.69) is 55.0 Å². The van der Waals surface area contributed by atoms with E-state index in [4.69, 9.17) is 9.47 Å². The lowest BCUT2D eigenvalue weighted by Crippen LogP contribution is -2.66. The second kappa shape index (κ2) is 10.8. The average molecular weight is 619 g/mol. The van der Waals surface area contributed by atoms with Crippen LogP contribution in [-0.2, 0) is 9.53 Å². The minimum absolute atomic E-state index is 0.128. The molecule has 45 heavy (non-hydrogen) atoms.